The molecule has 0 radical (unpaired) electrons. The summed E-state index contributed by atoms with van der Waals surface area (Å²) in [5.74, 6) is 6.62. The van der Waals surface area contributed by atoms with Gasteiger partial charge in [-0.3, -0.25) is 0 Å². The van der Waals surface area contributed by atoms with Crippen LogP contribution >= 0.6 is 0 Å². The van der Waals surface area contributed by atoms with E-state index in [1.165, 1.54) is 64.2 Å². The minimum absolute atomic E-state index is 0.547. The Hall–Kier alpha value is -0.300. The molecule has 138 valence electrons. The third kappa shape index (κ3) is 3.92. The maximum atomic E-state index is 5.58. The Kier molecular flexibility index (Phi) is 6.46. The molecule has 3 fully saturated rings. The molecule has 0 heterocycles. The van der Waals surface area contributed by atoms with Crippen molar-refractivity contribution in [1.82, 2.24) is 0 Å². The summed E-state index contributed by atoms with van der Waals surface area (Å²) < 4.78 is 5.58. The van der Waals surface area contributed by atoms with Crippen molar-refractivity contribution in [1.29, 1.82) is 0 Å². The number of allylic oxidation sites excluding steroid dienone is 1. The van der Waals surface area contributed by atoms with Gasteiger partial charge in [0.05, 0.1) is 6.10 Å². The summed E-state index contributed by atoms with van der Waals surface area (Å²) in [7, 11) is 1.89. The first kappa shape index (κ1) is 18.5. The largest absolute Gasteiger partial charge is 0.381 e. The van der Waals surface area contributed by atoms with Crippen LogP contribution in [-0.2, 0) is 4.74 Å². The number of hydrogen-bond donors (Lipinski definition) is 0. The summed E-state index contributed by atoms with van der Waals surface area (Å²) in [4.78, 5) is 0. The van der Waals surface area contributed by atoms with Gasteiger partial charge in [-0.15, -0.1) is 6.58 Å². The van der Waals surface area contributed by atoms with Gasteiger partial charge in [0.25, 0.3) is 0 Å². The number of rotatable bonds is 4. The number of hydrogen-bond acceptors (Lipinski definition) is 1. The predicted octanol–water partition coefficient (Wildman–Crippen LogP) is 6.48. The molecule has 3 aliphatic rings. The lowest BCUT2D eigenvalue weighted by atomic mass is 9.58. The molecule has 0 saturated heterocycles. The first-order valence-corrected chi connectivity index (χ1v) is 10.8. The molecular weight excluding hydrogens is 292 g/mol. The lowest BCUT2D eigenvalue weighted by Gasteiger charge is -2.48. The van der Waals surface area contributed by atoms with Gasteiger partial charge in [0.1, 0.15) is 0 Å². The van der Waals surface area contributed by atoms with Gasteiger partial charge >= 0.3 is 0 Å². The van der Waals surface area contributed by atoms with Crippen molar-refractivity contribution in [2.75, 3.05) is 7.11 Å². The second-order valence-corrected chi connectivity index (χ2v) is 9.31. The Morgan fingerprint density at radius 2 is 1.17 bits per heavy atom. The third-order valence-corrected chi connectivity index (χ3v) is 8.43. The Morgan fingerprint density at radius 1 is 0.708 bits per heavy atom. The molecule has 4 atom stereocenters. The predicted molar refractivity (Wildman–Crippen MR) is 103 cm³/mol. The van der Waals surface area contributed by atoms with E-state index in [-0.39, 0.29) is 0 Å². The van der Waals surface area contributed by atoms with Crippen molar-refractivity contribution < 1.29 is 4.74 Å². The molecule has 3 saturated carbocycles. The van der Waals surface area contributed by atoms with Crippen LogP contribution < -0.4 is 0 Å². The van der Waals surface area contributed by atoms with E-state index >= 15 is 0 Å². The molecule has 0 spiro atoms. The standard InChI is InChI=1S/C23H40O/c1-5-18-6-8-19(9-7-18)22-14-15-23(17(3)16(22)2)20-10-12-21(24-4)13-11-20/h5,16-23H,1,6-15H2,2-4H3. The quantitative estimate of drug-likeness (QED) is 0.535. The lowest BCUT2D eigenvalue weighted by Crippen LogP contribution is -2.40. The van der Waals surface area contributed by atoms with Crippen LogP contribution in [0, 0.1) is 41.4 Å². The van der Waals surface area contributed by atoms with E-state index in [2.05, 4.69) is 26.5 Å². The Balaban J connectivity index is 1.54. The topological polar surface area (TPSA) is 9.23 Å². The van der Waals surface area contributed by atoms with Gasteiger partial charge in [-0.1, -0.05) is 19.9 Å². The molecule has 3 aliphatic carbocycles. The first-order chi connectivity index (χ1) is 11.6. The molecule has 0 aromatic heterocycles. The molecule has 4 unspecified atom stereocenters. The van der Waals surface area contributed by atoms with Gasteiger partial charge in [-0.05, 0) is 106 Å². The van der Waals surface area contributed by atoms with Gasteiger partial charge in [0.15, 0.2) is 0 Å². The van der Waals surface area contributed by atoms with E-state index in [1.807, 2.05) is 7.11 Å². The fraction of sp³-hybridized carbons (Fsp3) is 0.913. The van der Waals surface area contributed by atoms with Gasteiger partial charge in [0, 0.05) is 7.11 Å². The summed E-state index contributed by atoms with van der Waals surface area (Å²) in [5, 5.41) is 0. The average Bonchev–Trinajstić information content (AvgIpc) is 2.64. The van der Waals surface area contributed by atoms with E-state index in [0.717, 1.165) is 41.4 Å². The highest BCUT2D eigenvalue weighted by Crippen LogP contribution is 2.50. The van der Waals surface area contributed by atoms with E-state index in [4.69, 9.17) is 4.74 Å². The van der Waals surface area contributed by atoms with Crippen LogP contribution in [0.15, 0.2) is 12.7 Å². The second-order valence-electron chi connectivity index (χ2n) is 9.31. The molecular formula is C23H40O. The van der Waals surface area contributed by atoms with Crippen LogP contribution in [-0.4, -0.2) is 13.2 Å². The fourth-order valence-electron chi connectivity index (χ4n) is 6.58. The monoisotopic (exact) mass is 332 g/mol. The second kappa shape index (κ2) is 8.39. The van der Waals surface area contributed by atoms with Crippen LogP contribution in [0.3, 0.4) is 0 Å². The molecule has 0 amide bonds. The van der Waals surface area contributed by atoms with Crippen molar-refractivity contribution in [3.8, 4) is 0 Å². The molecule has 0 aromatic carbocycles. The van der Waals surface area contributed by atoms with Crippen LogP contribution in [0.1, 0.15) is 78.1 Å². The minimum Gasteiger partial charge on any atom is -0.381 e. The van der Waals surface area contributed by atoms with E-state index in [9.17, 15) is 0 Å². The van der Waals surface area contributed by atoms with Crippen LogP contribution in [0.2, 0.25) is 0 Å². The molecule has 0 aromatic rings. The normalized spacial score (nSPS) is 47.3. The van der Waals surface area contributed by atoms with E-state index in [0.29, 0.717) is 6.10 Å². The minimum atomic E-state index is 0.547. The van der Waals surface area contributed by atoms with Crippen molar-refractivity contribution >= 4 is 0 Å². The van der Waals surface area contributed by atoms with Crippen molar-refractivity contribution in [3.63, 3.8) is 0 Å². The first-order valence-electron chi connectivity index (χ1n) is 10.8. The van der Waals surface area contributed by atoms with E-state index < -0.39 is 0 Å². The highest BCUT2D eigenvalue weighted by Gasteiger charge is 2.41. The average molecular weight is 333 g/mol. The van der Waals surface area contributed by atoms with Crippen molar-refractivity contribution in [2.45, 2.75) is 84.2 Å². The molecule has 24 heavy (non-hydrogen) atoms. The van der Waals surface area contributed by atoms with Crippen molar-refractivity contribution in [2.24, 2.45) is 41.4 Å². The SMILES string of the molecule is C=CC1CCC(C2CCC(C3CCC(OC)CC3)C(C)C2C)CC1. The van der Waals surface area contributed by atoms with Crippen LogP contribution in [0.25, 0.3) is 0 Å². The Morgan fingerprint density at radius 3 is 1.58 bits per heavy atom. The highest BCUT2D eigenvalue weighted by atomic mass is 16.5. The summed E-state index contributed by atoms with van der Waals surface area (Å²) >= 11 is 0. The summed E-state index contributed by atoms with van der Waals surface area (Å²) in [6.07, 6.45) is 16.9. The fourth-order valence-corrected chi connectivity index (χ4v) is 6.58. The van der Waals surface area contributed by atoms with Gasteiger partial charge < -0.3 is 4.74 Å². The summed E-state index contributed by atoms with van der Waals surface area (Å²) in [5.41, 5.74) is 0. The molecule has 1 heteroatoms. The Bertz CT molecular complexity index is 387. The zero-order valence-corrected chi connectivity index (χ0v) is 16.4. The maximum Gasteiger partial charge on any atom is 0.0571 e. The number of methoxy groups -OCH3 is 1. The molecule has 0 bridgehead atoms. The summed E-state index contributed by atoms with van der Waals surface area (Å²) in [6.45, 7) is 9.18. The van der Waals surface area contributed by atoms with Crippen LogP contribution in [0.4, 0.5) is 0 Å². The molecule has 0 aliphatic heterocycles. The lowest BCUT2D eigenvalue weighted by molar-refractivity contribution is -0.00264. The van der Waals surface area contributed by atoms with Gasteiger partial charge in [-0.2, -0.15) is 0 Å². The maximum absolute atomic E-state index is 5.58. The van der Waals surface area contributed by atoms with Gasteiger partial charge in [0.2, 0.25) is 0 Å². The van der Waals surface area contributed by atoms with Crippen molar-refractivity contribution in [3.05, 3.63) is 12.7 Å². The Labute approximate surface area is 150 Å². The molecule has 1 nitrogen and oxygen atoms in total. The van der Waals surface area contributed by atoms with Crippen LogP contribution in [0.5, 0.6) is 0 Å². The zero-order valence-electron chi connectivity index (χ0n) is 16.4. The summed E-state index contributed by atoms with van der Waals surface area (Å²) in [6, 6.07) is 0. The molecule has 0 N–H and O–H groups in total. The van der Waals surface area contributed by atoms with E-state index in [1.54, 1.807) is 0 Å². The molecule has 3 rings (SSSR count). The number of ether oxygens (including phenoxy) is 1. The highest BCUT2D eigenvalue weighted by molar-refractivity contribution is 4.93. The van der Waals surface area contributed by atoms with Gasteiger partial charge in [-0.25, -0.2) is 0 Å². The zero-order chi connectivity index (χ0) is 17.1. The smallest absolute Gasteiger partial charge is 0.0571 e. The third-order valence-electron chi connectivity index (χ3n) is 8.43.